The minimum absolute atomic E-state index is 0.0931. The average Bonchev–Trinajstić information content (AvgIpc) is 3.31. The van der Waals surface area contributed by atoms with E-state index in [1.165, 1.54) is 11.8 Å². The molecule has 0 saturated carbocycles. The molecule has 8 heteroatoms. The molecule has 0 aliphatic carbocycles. The number of hydrogen-bond acceptors (Lipinski definition) is 7. The summed E-state index contributed by atoms with van der Waals surface area (Å²) in [7, 11) is 3.20. The van der Waals surface area contributed by atoms with Gasteiger partial charge in [-0.15, -0.1) is 0 Å². The number of ether oxygens (including phenoxy) is 4. The van der Waals surface area contributed by atoms with E-state index in [0.29, 0.717) is 33.9 Å². The van der Waals surface area contributed by atoms with Crippen molar-refractivity contribution in [1.29, 1.82) is 0 Å². The predicted molar refractivity (Wildman–Crippen MR) is 112 cm³/mol. The minimum Gasteiger partial charge on any atom is -0.497 e. The van der Waals surface area contributed by atoms with Gasteiger partial charge in [0.15, 0.2) is 16.7 Å². The lowest BCUT2D eigenvalue weighted by Gasteiger charge is -2.12. The Bertz CT molecular complexity index is 1000. The second-order valence-corrected chi connectivity index (χ2v) is 7.21. The van der Waals surface area contributed by atoms with E-state index in [4.69, 9.17) is 18.9 Å². The Kier molecular flexibility index (Phi) is 5.35. The first-order valence-corrected chi connectivity index (χ1v) is 9.86. The van der Waals surface area contributed by atoms with E-state index in [-0.39, 0.29) is 12.7 Å². The van der Waals surface area contributed by atoms with Gasteiger partial charge < -0.3 is 18.9 Å². The highest BCUT2D eigenvalue weighted by Gasteiger charge is 2.32. The third kappa shape index (κ3) is 3.75. The summed E-state index contributed by atoms with van der Waals surface area (Å²) in [6.45, 7) is 2.62. The standard InChI is InChI=1S/C21H20N2O5S/c1-4-23-20(24)19(29-21(23)22-14-5-7-15(25-2)8-6-14)10-13-9-17-18(28-12-27-17)11-16(13)26-3/h5-11H,4,12H2,1-3H3. The smallest absolute Gasteiger partial charge is 0.266 e. The van der Waals surface area contributed by atoms with Crippen LogP contribution >= 0.6 is 11.8 Å². The molecule has 2 aromatic rings. The van der Waals surface area contributed by atoms with Crippen molar-refractivity contribution in [2.24, 2.45) is 4.99 Å². The van der Waals surface area contributed by atoms with E-state index >= 15 is 0 Å². The highest BCUT2D eigenvalue weighted by molar-refractivity contribution is 8.18. The summed E-state index contributed by atoms with van der Waals surface area (Å²) in [5.41, 5.74) is 1.50. The lowest BCUT2D eigenvalue weighted by molar-refractivity contribution is -0.122. The van der Waals surface area contributed by atoms with Gasteiger partial charge in [-0.3, -0.25) is 9.69 Å². The van der Waals surface area contributed by atoms with E-state index in [0.717, 1.165) is 17.0 Å². The Balaban J connectivity index is 1.67. The topological polar surface area (TPSA) is 69.6 Å². The number of rotatable bonds is 5. The average molecular weight is 412 g/mol. The first-order chi connectivity index (χ1) is 14.1. The second-order valence-electron chi connectivity index (χ2n) is 6.20. The van der Waals surface area contributed by atoms with Crippen molar-refractivity contribution in [3.05, 3.63) is 46.9 Å². The van der Waals surface area contributed by atoms with Crippen LogP contribution in [0.4, 0.5) is 5.69 Å². The van der Waals surface area contributed by atoms with Gasteiger partial charge >= 0.3 is 0 Å². The van der Waals surface area contributed by atoms with Gasteiger partial charge in [-0.25, -0.2) is 4.99 Å². The third-order valence-corrected chi connectivity index (χ3v) is 5.52. The molecule has 0 N–H and O–H groups in total. The molecule has 2 aromatic carbocycles. The van der Waals surface area contributed by atoms with Crippen LogP contribution in [-0.4, -0.2) is 43.5 Å². The number of amidine groups is 1. The second kappa shape index (κ2) is 8.08. The zero-order valence-electron chi connectivity index (χ0n) is 16.3. The van der Waals surface area contributed by atoms with Gasteiger partial charge in [0, 0.05) is 18.2 Å². The molecule has 7 nitrogen and oxygen atoms in total. The quantitative estimate of drug-likeness (QED) is 0.690. The van der Waals surface area contributed by atoms with Crippen molar-refractivity contribution in [3.63, 3.8) is 0 Å². The summed E-state index contributed by atoms with van der Waals surface area (Å²) in [6.07, 6.45) is 1.80. The molecule has 1 fully saturated rings. The number of benzene rings is 2. The Hall–Kier alpha value is -3.13. The molecule has 0 aromatic heterocycles. The number of thioether (sulfide) groups is 1. The molecule has 0 atom stereocenters. The fourth-order valence-electron chi connectivity index (χ4n) is 3.01. The van der Waals surface area contributed by atoms with Crippen LogP contribution in [0.3, 0.4) is 0 Å². The van der Waals surface area contributed by atoms with Crippen LogP contribution in [0.25, 0.3) is 6.08 Å². The van der Waals surface area contributed by atoms with E-state index in [1.54, 1.807) is 31.3 Å². The van der Waals surface area contributed by atoms with Gasteiger partial charge in [-0.2, -0.15) is 0 Å². The van der Waals surface area contributed by atoms with Crippen molar-refractivity contribution in [3.8, 4) is 23.0 Å². The van der Waals surface area contributed by atoms with E-state index in [2.05, 4.69) is 4.99 Å². The lowest BCUT2D eigenvalue weighted by Crippen LogP contribution is -2.28. The highest BCUT2D eigenvalue weighted by Crippen LogP contribution is 2.41. The number of likely N-dealkylation sites (N-methyl/N-ethyl adjacent to an activating group) is 1. The van der Waals surface area contributed by atoms with Crippen LogP contribution in [0.5, 0.6) is 23.0 Å². The van der Waals surface area contributed by atoms with Crippen LogP contribution in [0.15, 0.2) is 46.3 Å². The number of fused-ring (bicyclic) bond motifs is 1. The zero-order chi connectivity index (χ0) is 20.4. The number of carbonyl (C=O) groups excluding carboxylic acids is 1. The monoisotopic (exact) mass is 412 g/mol. The summed E-state index contributed by atoms with van der Waals surface area (Å²) >= 11 is 1.33. The maximum atomic E-state index is 12.9. The molecule has 4 rings (SSSR count). The van der Waals surface area contributed by atoms with E-state index in [1.807, 2.05) is 37.3 Å². The van der Waals surface area contributed by atoms with Gasteiger partial charge in [-0.1, -0.05) is 0 Å². The Labute approximate surface area is 172 Å². The minimum atomic E-state index is -0.0931. The number of amides is 1. The normalized spacial score (nSPS) is 18.0. The maximum Gasteiger partial charge on any atom is 0.266 e. The summed E-state index contributed by atoms with van der Waals surface area (Å²) in [6, 6.07) is 11.0. The molecule has 29 heavy (non-hydrogen) atoms. The van der Waals surface area contributed by atoms with Crippen LogP contribution < -0.4 is 18.9 Å². The van der Waals surface area contributed by atoms with Gasteiger partial charge in [0.2, 0.25) is 6.79 Å². The largest absolute Gasteiger partial charge is 0.497 e. The molecule has 2 heterocycles. The fraction of sp³-hybridized carbons (Fsp3) is 0.238. The Morgan fingerprint density at radius 3 is 2.52 bits per heavy atom. The number of carbonyl (C=O) groups is 1. The molecular weight excluding hydrogens is 392 g/mol. The zero-order valence-corrected chi connectivity index (χ0v) is 17.1. The molecule has 0 bridgehead atoms. The summed E-state index contributed by atoms with van der Waals surface area (Å²) in [5, 5.41) is 0.633. The van der Waals surface area contributed by atoms with Gasteiger partial charge in [-0.05, 0) is 55.1 Å². The molecule has 1 amide bonds. The third-order valence-electron chi connectivity index (χ3n) is 4.51. The van der Waals surface area contributed by atoms with Crippen LogP contribution in [0, 0.1) is 0 Å². The van der Waals surface area contributed by atoms with Crippen molar-refractivity contribution in [2.75, 3.05) is 27.6 Å². The van der Waals surface area contributed by atoms with E-state index < -0.39 is 0 Å². The van der Waals surface area contributed by atoms with Gasteiger partial charge in [0.25, 0.3) is 5.91 Å². The summed E-state index contributed by atoms with van der Waals surface area (Å²) in [4.78, 5) is 19.8. The van der Waals surface area contributed by atoms with Gasteiger partial charge in [0.1, 0.15) is 11.5 Å². The molecular formula is C21H20N2O5S. The highest BCUT2D eigenvalue weighted by atomic mass is 32.2. The number of aliphatic imine (C=N–C) groups is 1. The van der Waals surface area contributed by atoms with Gasteiger partial charge in [0.05, 0.1) is 24.8 Å². The summed E-state index contributed by atoms with van der Waals surface area (Å²) in [5.74, 6) is 2.54. The first kappa shape index (κ1) is 19.2. The van der Waals surface area contributed by atoms with Crippen molar-refractivity contribution in [1.82, 2.24) is 4.90 Å². The van der Waals surface area contributed by atoms with E-state index in [9.17, 15) is 4.79 Å². The molecule has 2 aliphatic rings. The Morgan fingerprint density at radius 1 is 1.14 bits per heavy atom. The summed E-state index contributed by atoms with van der Waals surface area (Å²) < 4.78 is 21.5. The Morgan fingerprint density at radius 2 is 1.86 bits per heavy atom. The van der Waals surface area contributed by atoms with Crippen molar-refractivity contribution < 1.29 is 23.7 Å². The maximum absolute atomic E-state index is 12.9. The lowest BCUT2D eigenvalue weighted by atomic mass is 10.1. The first-order valence-electron chi connectivity index (χ1n) is 9.04. The van der Waals surface area contributed by atoms with Crippen LogP contribution in [0.1, 0.15) is 12.5 Å². The molecule has 2 aliphatic heterocycles. The molecule has 150 valence electrons. The fourth-order valence-corrected chi connectivity index (χ4v) is 4.06. The molecule has 1 saturated heterocycles. The number of methoxy groups -OCH3 is 2. The SMILES string of the molecule is CCN1C(=O)C(=Cc2cc3c(cc2OC)OCO3)SC1=Nc1ccc(OC)cc1. The molecule has 0 spiro atoms. The van der Waals surface area contributed by atoms with Crippen molar-refractivity contribution in [2.45, 2.75) is 6.92 Å². The van der Waals surface area contributed by atoms with Crippen LogP contribution in [-0.2, 0) is 4.79 Å². The predicted octanol–water partition coefficient (Wildman–Crippen LogP) is 4.06. The van der Waals surface area contributed by atoms with Crippen LogP contribution in [0.2, 0.25) is 0 Å². The van der Waals surface area contributed by atoms with Crippen molar-refractivity contribution >= 4 is 34.6 Å². The number of hydrogen-bond donors (Lipinski definition) is 0. The molecule has 0 unspecified atom stereocenters. The number of nitrogens with zero attached hydrogens (tertiary/aromatic N) is 2. The molecule has 0 radical (unpaired) electrons.